The van der Waals surface area contributed by atoms with Gasteiger partial charge in [-0.15, -0.1) is 0 Å². The van der Waals surface area contributed by atoms with Crippen molar-refractivity contribution in [3.8, 4) is 0 Å². The lowest BCUT2D eigenvalue weighted by atomic mass is 9.95. The number of nitrogens with zero attached hydrogens (tertiary/aromatic N) is 2. The van der Waals surface area contributed by atoms with Crippen molar-refractivity contribution in [1.82, 2.24) is 4.90 Å². The van der Waals surface area contributed by atoms with Crippen LogP contribution in [0.3, 0.4) is 0 Å². The van der Waals surface area contributed by atoms with E-state index >= 15 is 0 Å². The molecule has 0 aliphatic carbocycles. The summed E-state index contributed by atoms with van der Waals surface area (Å²) in [6.45, 7) is 2.42. The summed E-state index contributed by atoms with van der Waals surface area (Å²) >= 11 is 0. The van der Waals surface area contributed by atoms with E-state index in [0.717, 1.165) is 19.3 Å². The molecule has 1 aliphatic heterocycles. The van der Waals surface area contributed by atoms with Gasteiger partial charge in [-0.05, 0) is 12.0 Å². The molecule has 1 fully saturated rings. The molecule has 1 heterocycles. The molecule has 30 heavy (non-hydrogen) atoms. The number of carbonyl (C=O) groups excluding carboxylic acids is 2. The molecule has 1 aliphatic rings. The lowest BCUT2D eigenvalue weighted by Crippen LogP contribution is -2.30. The first-order valence-corrected chi connectivity index (χ1v) is 10.0. The van der Waals surface area contributed by atoms with Crippen LogP contribution in [0, 0.1) is 10.1 Å². The predicted molar refractivity (Wildman–Crippen MR) is 113 cm³/mol. The molecular weight excluding hydrogens is 384 g/mol. The molecule has 3 rings (SSSR count). The van der Waals surface area contributed by atoms with Crippen LogP contribution in [0.1, 0.15) is 49.8 Å². The summed E-state index contributed by atoms with van der Waals surface area (Å²) in [5.74, 6) is -1.75. The van der Waals surface area contributed by atoms with E-state index in [0.29, 0.717) is 24.1 Å². The number of Topliss-reactive ketones (excluding diaryl/α,β-unsaturated/α-hetero) is 1. The summed E-state index contributed by atoms with van der Waals surface area (Å²) in [6, 6.07) is 13.5. The Kier molecular flexibility index (Phi) is 6.61. The Labute approximate surface area is 174 Å². The van der Waals surface area contributed by atoms with Crippen LogP contribution in [0.4, 0.5) is 5.69 Å². The molecule has 0 aromatic heterocycles. The zero-order chi connectivity index (χ0) is 21.7. The van der Waals surface area contributed by atoms with Crippen LogP contribution in [0.25, 0.3) is 5.76 Å². The minimum absolute atomic E-state index is 0.0396. The van der Waals surface area contributed by atoms with Crippen LogP contribution in [0.5, 0.6) is 0 Å². The van der Waals surface area contributed by atoms with Crippen molar-refractivity contribution in [2.24, 2.45) is 0 Å². The third-order valence-corrected chi connectivity index (χ3v) is 5.24. The van der Waals surface area contributed by atoms with Crippen molar-refractivity contribution in [3.63, 3.8) is 0 Å². The second kappa shape index (κ2) is 9.35. The summed E-state index contributed by atoms with van der Waals surface area (Å²) in [4.78, 5) is 37.9. The van der Waals surface area contributed by atoms with Gasteiger partial charge in [-0.1, -0.05) is 68.7 Å². The lowest BCUT2D eigenvalue weighted by Gasteiger charge is -2.25. The number of aliphatic hydroxyl groups excluding tert-OH is 1. The Morgan fingerprint density at radius 3 is 2.47 bits per heavy atom. The van der Waals surface area contributed by atoms with Gasteiger partial charge in [-0.25, -0.2) is 0 Å². The van der Waals surface area contributed by atoms with Crippen molar-refractivity contribution in [1.29, 1.82) is 0 Å². The van der Waals surface area contributed by atoms with E-state index < -0.39 is 22.7 Å². The zero-order valence-corrected chi connectivity index (χ0v) is 16.8. The maximum atomic E-state index is 12.9. The number of rotatable bonds is 8. The molecular formula is C23H24N2O5. The number of hydrogen-bond donors (Lipinski definition) is 1. The summed E-state index contributed by atoms with van der Waals surface area (Å²) in [6.07, 6.45) is 3.65. The highest BCUT2D eigenvalue weighted by Gasteiger charge is 2.46. The smallest absolute Gasteiger partial charge is 0.295 e. The second-order valence-electron chi connectivity index (χ2n) is 7.27. The average Bonchev–Trinajstić information content (AvgIpc) is 3.01. The highest BCUT2D eigenvalue weighted by Crippen LogP contribution is 2.40. The number of hydrogen-bond acceptors (Lipinski definition) is 5. The number of carbonyl (C=O) groups is 2. The minimum atomic E-state index is -0.869. The summed E-state index contributed by atoms with van der Waals surface area (Å²) in [5.41, 5.74) is 0.666. The van der Waals surface area contributed by atoms with Gasteiger partial charge in [0.2, 0.25) is 0 Å². The quantitative estimate of drug-likeness (QED) is 0.172. The van der Waals surface area contributed by atoms with Crippen LogP contribution < -0.4 is 0 Å². The first kappa shape index (κ1) is 21.2. The molecule has 0 unspecified atom stereocenters. The van der Waals surface area contributed by atoms with Crippen molar-refractivity contribution >= 4 is 23.1 Å². The summed E-state index contributed by atoms with van der Waals surface area (Å²) < 4.78 is 0. The van der Waals surface area contributed by atoms with E-state index in [-0.39, 0.29) is 17.0 Å². The monoisotopic (exact) mass is 408 g/mol. The molecule has 0 bridgehead atoms. The van der Waals surface area contributed by atoms with E-state index in [4.69, 9.17) is 0 Å². The van der Waals surface area contributed by atoms with Crippen molar-refractivity contribution in [2.45, 2.75) is 38.6 Å². The number of ketones is 1. The van der Waals surface area contributed by atoms with Crippen molar-refractivity contribution in [2.75, 3.05) is 6.54 Å². The number of likely N-dealkylation sites (tertiary alicyclic amines) is 1. The van der Waals surface area contributed by atoms with E-state index in [1.165, 1.54) is 23.1 Å². The van der Waals surface area contributed by atoms with Gasteiger partial charge in [0.25, 0.3) is 17.4 Å². The van der Waals surface area contributed by atoms with Crippen molar-refractivity contribution in [3.05, 3.63) is 81.4 Å². The van der Waals surface area contributed by atoms with E-state index in [1.54, 1.807) is 36.4 Å². The standard InChI is InChI=1S/C23H24N2O5/c1-2-3-4-8-14-24-20(17-12-9-13-18(15-17)25(29)30)19(22(27)23(24)28)21(26)16-10-6-5-7-11-16/h5-7,9-13,15,20,26H,2-4,8,14H2,1H3/t20-/m0/s1. The third-order valence-electron chi connectivity index (χ3n) is 5.24. The molecule has 2 aromatic carbocycles. The molecule has 1 amide bonds. The van der Waals surface area contributed by atoms with E-state index in [1.807, 2.05) is 0 Å². The Bertz CT molecular complexity index is 984. The molecule has 7 nitrogen and oxygen atoms in total. The molecule has 2 aromatic rings. The van der Waals surface area contributed by atoms with Gasteiger partial charge in [0, 0.05) is 24.2 Å². The predicted octanol–water partition coefficient (Wildman–Crippen LogP) is 4.60. The van der Waals surface area contributed by atoms with E-state index in [2.05, 4.69) is 6.92 Å². The van der Waals surface area contributed by atoms with Crippen molar-refractivity contribution < 1.29 is 19.6 Å². The molecule has 1 N–H and O–H groups in total. The Morgan fingerprint density at radius 1 is 1.07 bits per heavy atom. The number of non-ortho nitro benzene ring substituents is 1. The van der Waals surface area contributed by atoms with Gasteiger partial charge >= 0.3 is 0 Å². The first-order chi connectivity index (χ1) is 14.5. The summed E-state index contributed by atoms with van der Waals surface area (Å²) in [7, 11) is 0. The highest BCUT2D eigenvalue weighted by atomic mass is 16.6. The van der Waals surface area contributed by atoms with Crippen LogP contribution in [0.2, 0.25) is 0 Å². The topological polar surface area (TPSA) is 101 Å². The number of nitro benzene ring substituents is 1. The van der Waals surface area contributed by atoms with Gasteiger partial charge in [0.1, 0.15) is 5.76 Å². The van der Waals surface area contributed by atoms with Gasteiger partial charge in [-0.3, -0.25) is 19.7 Å². The number of nitro groups is 1. The highest BCUT2D eigenvalue weighted by molar-refractivity contribution is 6.46. The fourth-order valence-electron chi connectivity index (χ4n) is 3.73. The third kappa shape index (κ3) is 4.25. The maximum absolute atomic E-state index is 12.9. The molecule has 0 saturated carbocycles. The average molecular weight is 408 g/mol. The Morgan fingerprint density at radius 2 is 1.80 bits per heavy atom. The van der Waals surface area contributed by atoms with Crippen LogP contribution >= 0.6 is 0 Å². The SMILES string of the molecule is CCCCCCN1C(=O)C(=O)C(=C(O)c2ccccc2)[C@@H]1c1cccc([N+](=O)[O-])c1. The fraction of sp³-hybridized carbons (Fsp3) is 0.304. The Hall–Kier alpha value is -3.48. The van der Waals surface area contributed by atoms with Gasteiger partial charge < -0.3 is 10.0 Å². The zero-order valence-electron chi connectivity index (χ0n) is 16.8. The lowest BCUT2D eigenvalue weighted by molar-refractivity contribution is -0.384. The Balaban J connectivity index is 2.10. The molecule has 0 spiro atoms. The van der Waals surface area contributed by atoms with Gasteiger partial charge in [-0.2, -0.15) is 0 Å². The normalized spacial score (nSPS) is 18.0. The number of benzene rings is 2. The molecule has 0 radical (unpaired) electrons. The van der Waals surface area contributed by atoms with E-state index in [9.17, 15) is 24.8 Å². The molecule has 1 atom stereocenters. The number of aliphatic hydroxyl groups is 1. The minimum Gasteiger partial charge on any atom is -0.507 e. The summed E-state index contributed by atoms with van der Waals surface area (Å²) in [5, 5.41) is 22.1. The largest absolute Gasteiger partial charge is 0.507 e. The second-order valence-corrected chi connectivity index (χ2v) is 7.27. The van der Waals surface area contributed by atoms with Crippen LogP contribution in [-0.2, 0) is 9.59 Å². The molecule has 1 saturated heterocycles. The first-order valence-electron chi connectivity index (χ1n) is 10.0. The maximum Gasteiger partial charge on any atom is 0.295 e. The van der Waals surface area contributed by atoms with Gasteiger partial charge in [0.15, 0.2) is 0 Å². The van der Waals surface area contributed by atoms with Crippen LogP contribution in [-0.4, -0.2) is 33.2 Å². The van der Waals surface area contributed by atoms with Crippen LogP contribution in [0.15, 0.2) is 60.2 Å². The molecule has 7 heteroatoms. The number of unbranched alkanes of at least 4 members (excludes halogenated alkanes) is 3. The fourth-order valence-corrected chi connectivity index (χ4v) is 3.73. The van der Waals surface area contributed by atoms with Gasteiger partial charge in [0.05, 0.1) is 16.5 Å². The molecule has 156 valence electrons. The number of amides is 1.